The van der Waals surface area contributed by atoms with Crippen molar-refractivity contribution >= 4 is 5.82 Å². The zero-order chi connectivity index (χ0) is 18.7. The highest BCUT2D eigenvalue weighted by Gasteiger charge is 2.24. The summed E-state index contributed by atoms with van der Waals surface area (Å²) >= 11 is 0. The van der Waals surface area contributed by atoms with Crippen LogP contribution in [0.4, 0.5) is 5.82 Å². The molecule has 0 aliphatic rings. The number of rotatable bonds is 5. The molecule has 0 saturated carbocycles. The lowest BCUT2D eigenvalue weighted by Crippen LogP contribution is -2.23. The number of hydrogen-bond donors (Lipinski definition) is 1. The molecular formula is C17H17N5O4. The van der Waals surface area contributed by atoms with Gasteiger partial charge in [0, 0.05) is 0 Å². The van der Waals surface area contributed by atoms with E-state index >= 15 is 0 Å². The second-order valence-corrected chi connectivity index (χ2v) is 5.50. The molecule has 1 unspecified atom stereocenters. The summed E-state index contributed by atoms with van der Waals surface area (Å²) in [6, 6.07) is 15.4. The van der Waals surface area contributed by atoms with Gasteiger partial charge in [-0.3, -0.25) is 0 Å². The minimum atomic E-state index is -0.677. The molecule has 0 amide bonds. The number of methoxy groups -OCH3 is 1. The van der Waals surface area contributed by atoms with Crippen LogP contribution in [-0.2, 0) is 0 Å². The van der Waals surface area contributed by atoms with Crippen LogP contribution in [0.15, 0.2) is 59.6 Å². The van der Waals surface area contributed by atoms with Crippen molar-refractivity contribution in [3.8, 4) is 11.4 Å². The van der Waals surface area contributed by atoms with Gasteiger partial charge in [0.05, 0.1) is 18.3 Å². The van der Waals surface area contributed by atoms with Crippen molar-refractivity contribution < 1.29 is 14.9 Å². The summed E-state index contributed by atoms with van der Waals surface area (Å²) in [7, 11) is 1.53. The first-order chi connectivity index (χ1) is 12.5. The van der Waals surface area contributed by atoms with Crippen molar-refractivity contribution in [3.05, 3.63) is 75.8 Å². The van der Waals surface area contributed by atoms with Crippen molar-refractivity contribution in [3.63, 3.8) is 0 Å². The van der Waals surface area contributed by atoms with Crippen LogP contribution in [0.2, 0.25) is 0 Å². The van der Waals surface area contributed by atoms with Crippen molar-refractivity contribution in [2.45, 2.75) is 13.0 Å². The number of nitrogens with zero attached hydrogens (tertiary/aromatic N) is 5. The first kappa shape index (κ1) is 17.2. The fraction of sp³-hybridized carbons (Fsp3) is 0.176. The normalized spacial score (nSPS) is 12.8. The molecule has 0 aliphatic heterocycles. The Bertz CT molecular complexity index is 977. The average molecular weight is 355 g/mol. The molecule has 3 rings (SSSR count). The zero-order valence-electron chi connectivity index (χ0n) is 14.2. The van der Waals surface area contributed by atoms with Gasteiger partial charge in [-0.1, -0.05) is 35.2 Å². The number of ether oxygens (including phenoxy) is 1. The van der Waals surface area contributed by atoms with Crippen molar-refractivity contribution in [1.82, 2.24) is 14.7 Å². The molecule has 0 saturated heterocycles. The molecule has 0 spiro atoms. The molecule has 26 heavy (non-hydrogen) atoms. The van der Waals surface area contributed by atoms with Crippen molar-refractivity contribution in [2.75, 3.05) is 7.11 Å². The minimum Gasteiger partial charge on any atom is -0.497 e. The van der Waals surface area contributed by atoms with E-state index in [0.717, 1.165) is 10.4 Å². The van der Waals surface area contributed by atoms with Crippen LogP contribution in [0.3, 0.4) is 0 Å². The Morgan fingerprint density at radius 3 is 2.42 bits per heavy atom. The van der Waals surface area contributed by atoms with Gasteiger partial charge in [0.2, 0.25) is 0 Å². The zero-order valence-corrected chi connectivity index (χ0v) is 14.2. The molecule has 1 N–H and O–H groups in total. The summed E-state index contributed by atoms with van der Waals surface area (Å²) in [5.74, 6) is 0.0774. The summed E-state index contributed by atoms with van der Waals surface area (Å²) in [5, 5.41) is 25.7. The molecule has 9 heteroatoms. The van der Waals surface area contributed by atoms with Gasteiger partial charge in [0.15, 0.2) is 0 Å². The Kier molecular flexibility index (Phi) is 4.70. The van der Waals surface area contributed by atoms with Crippen LogP contribution in [0.5, 0.6) is 5.75 Å². The van der Waals surface area contributed by atoms with Crippen LogP contribution in [-0.4, -0.2) is 32.0 Å². The van der Waals surface area contributed by atoms with Crippen LogP contribution < -0.4 is 10.2 Å². The Hall–Kier alpha value is -3.62. The fourth-order valence-electron chi connectivity index (χ4n) is 2.46. The molecule has 1 aromatic heterocycles. The maximum Gasteiger partial charge on any atom is 0.438 e. The molecule has 0 bridgehead atoms. The SMILES string of the molecule is COc1ccc(-n2nc([N+](=O)[O-])c(=NC(C)c3ccccc3)n2O)cc1. The summed E-state index contributed by atoms with van der Waals surface area (Å²) in [5.41, 5.74) is 1.05. The van der Waals surface area contributed by atoms with Crippen LogP contribution >= 0.6 is 0 Å². The van der Waals surface area contributed by atoms with Crippen LogP contribution in [0.1, 0.15) is 18.5 Å². The number of hydrogen-bond acceptors (Lipinski definition) is 6. The monoisotopic (exact) mass is 355 g/mol. The van der Waals surface area contributed by atoms with Crippen molar-refractivity contribution in [1.29, 1.82) is 0 Å². The third kappa shape index (κ3) is 3.27. The van der Waals surface area contributed by atoms with E-state index in [1.54, 1.807) is 31.2 Å². The lowest BCUT2D eigenvalue weighted by Gasteiger charge is -2.05. The molecule has 134 valence electrons. The van der Waals surface area contributed by atoms with Gasteiger partial charge >= 0.3 is 5.82 Å². The van der Waals surface area contributed by atoms with E-state index in [-0.39, 0.29) is 5.49 Å². The van der Waals surface area contributed by atoms with Gasteiger partial charge in [-0.15, -0.1) is 0 Å². The average Bonchev–Trinajstić information content (AvgIpc) is 2.99. The maximum atomic E-state index is 11.4. The van der Waals surface area contributed by atoms with Gasteiger partial charge < -0.3 is 20.1 Å². The summed E-state index contributed by atoms with van der Waals surface area (Å²) in [6.07, 6.45) is 0. The number of aromatic nitrogens is 3. The summed E-state index contributed by atoms with van der Waals surface area (Å²) < 4.78 is 5.08. The Balaban J connectivity index is 2.11. The predicted octanol–water partition coefficient (Wildman–Crippen LogP) is 2.49. The summed E-state index contributed by atoms with van der Waals surface area (Å²) in [6.45, 7) is 1.78. The second kappa shape index (κ2) is 7.09. The van der Waals surface area contributed by atoms with E-state index in [1.807, 2.05) is 30.3 Å². The number of nitro groups is 1. The molecular weight excluding hydrogens is 338 g/mol. The standard InChI is InChI=1S/C17H17N5O4/c1-12(13-6-4-3-5-7-13)18-16-17(22(24)25)19-20(21(16)23)14-8-10-15(26-2)11-9-14/h3-12,23H,1-2H3. The highest BCUT2D eigenvalue weighted by Crippen LogP contribution is 2.17. The van der Waals surface area contributed by atoms with Gasteiger partial charge in [-0.2, -0.15) is 0 Å². The van der Waals surface area contributed by atoms with E-state index in [0.29, 0.717) is 16.3 Å². The highest BCUT2D eigenvalue weighted by molar-refractivity contribution is 5.36. The minimum absolute atomic E-state index is 0.234. The largest absolute Gasteiger partial charge is 0.497 e. The Morgan fingerprint density at radius 2 is 1.85 bits per heavy atom. The van der Waals surface area contributed by atoms with E-state index in [1.165, 1.54) is 7.11 Å². The quantitative estimate of drug-likeness (QED) is 0.430. The van der Waals surface area contributed by atoms with Crippen LogP contribution in [0, 0.1) is 10.1 Å². The molecule has 0 fully saturated rings. The smallest absolute Gasteiger partial charge is 0.438 e. The second-order valence-electron chi connectivity index (χ2n) is 5.50. The third-order valence-corrected chi connectivity index (χ3v) is 3.83. The highest BCUT2D eigenvalue weighted by atomic mass is 16.6. The third-order valence-electron chi connectivity index (χ3n) is 3.83. The lowest BCUT2D eigenvalue weighted by atomic mass is 10.1. The van der Waals surface area contributed by atoms with E-state index < -0.39 is 16.8 Å². The van der Waals surface area contributed by atoms with E-state index in [9.17, 15) is 15.3 Å². The fourth-order valence-corrected chi connectivity index (χ4v) is 2.46. The van der Waals surface area contributed by atoms with Gasteiger partial charge in [-0.05, 0) is 46.5 Å². The molecule has 0 radical (unpaired) electrons. The molecule has 3 aromatic rings. The molecule has 1 atom stereocenters. The molecule has 1 heterocycles. The van der Waals surface area contributed by atoms with Gasteiger partial charge in [0.25, 0.3) is 5.49 Å². The topological polar surface area (TPSA) is 108 Å². The van der Waals surface area contributed by atoms with Crippen LogP contribution in [0.25, 0.3) is 5.69 Å². The van der Waals surface area contributed by atoms with E-state index in [2.05, 4.69) is 10.1 Å². The molecule has 9 nitrogen and oxygen atoms in total. The Morgan fingerprint density at radius 1 is 1.19 bits per heavy atom. The first-order valence-electron chi connectivity index (χ1n) is 7.80. The Labute approximate surface area is 148 Å². The van der Waals surface area contributed by atoms with Crippen molar-refractivity contribution in [2.24, 2.45) is 4.99 Å². The maximum absolute atomic E-state index is 11.4. The lowest BCUT2D eigenvalue weighted by molar-refractivity contribution is -0.391. The first-order valence-corrected chi connectivity index (χ1v) is 7.80. The van der Waals surface area contributed by atoms with Gasteiger partial charge in [-0.25, -0.2) is 4.99 Å². The van der Waals surface area contributed by atoms with Gasteiger partial charge in [0.1, 0.15) is 11.4 Å². The van der Waals surface area contributed by atoms with E-state index in [4.69, 9.17) is 4.74 Å². The predicted molar refractivity (Wildman–Crippen MR) is 92.4 cm³/mol. The summed E-state index contributed by atoms with van der Waals surface area (Å²) in [4.78, 5) is 16.6. The number of benzene rings is 2. The molecule has 0 aliphatic carbocycles. The molecule has 2 aromatic carbocycles.